The number of nitrogens with zero attached hydrogens (tertiary/aromatic N) is 3. The SMILES string of the molecule is CCOC(=O)c1cc(CC)sc1NC(=O)CSc1nnc(-c2ccccc2C)n1C. The van der Waals surface area contributed by atoms with Gasteiger partial charge in [-0.15, -0.1) is 21.5 Å². The third-order valence-corrected chi connectivity index (χ3v) is 6.65. The maximum absolute atomic E-state index is 12.5. The van der Waals surface area contributed by atoms with Crippen LogP contribution in [-0.4, -0.2) is 39.0 Å². The molecule has 2 heterocycles. The number of aromatic nitrogens is 3. The molecular formula is C21H24N4O3S2. The van der Waals surface area contributed by atoms with E-state index in [0.717, 1.165) is 28.2 Å². The topological polar surface area (TPSA) is 86.1 Å². The number of aryl methyl sites for hydroxylation is 2. The van der Waals surface area contributed by atoms with E-state index in [-0.39, 0.29) is 18.3 Å². The Labute approximate surface area is 183 Å². The molecule has 0 saturated carbocycles. The van der Waals surface area contributed by atoms with Gasteiger partial charge in [-0.25, -0.2) is 4.79 Å². The summed E-state index contributed by atoms with van der Waals surface area (Å²) in [5.41, 5.74) is 2.52. The zero-order chi connectivity index (χ0) is 21.7. The number of amides is 1. The number of rotatable bonds is 8. The lowest BCUT2D eigenvalue weighted by molar-refractivity contribution is -0.113. The van der Waals surface area contributed by atoms with Crippen LogP contribution in [0.4, 0.5) is 5.00 Å². The number of thioether (sulfide) groups is 1. The highest BCUT2D eigenvalue weighted by Gasteiger charge is 2.19. The van der Waals surface area contributed by atoms with Crippen LogP contribution in [0.25, 0.3) is 11.4 Å². The van der Waals surface area contributed by atoms with Gasteiger partial charge in [-0.3, -0.25) is 4.79 Å². The molecule has 0 bridgehead atoms. The first-order valence-electron chi connectivity index (χ1n) is 9.62. The molecule has 0 radical (unpaired) electrons. The summed E-state index contributed by atoms with van der Waals surface area (Å²) in [7, 11) is 1.88. The van der Waals surface area contributed by atoms with Gasteiger partial charge in [-0.05, 0) is 31.9 Å². The second-order valence-corrected chi connectivity index (χ2v) is 8.63. The molecule has 0 aliphatic rings. The number of benzene rings is 1. The Morgan fingerprint density at radius 3 is 2.70 bits per heavy atom. The Morgan fingerprint density at radius 1 is 1.23 bits per heavy atom. The summed E-state index contributed by atoms with van der Waals surface area (Å²) in [4.78, 5) is 25.7. The minimum absolute atomic E-state index is 0.154. The minimum Gasteiger partial charge on any atom is -0.462 e. The average molecular weight is 445 g/mol. The number of hydrogen-bond donors (Lipinski definition) is 1. The number of nitrogens with one attached hydrogen (secondary N) is 1. The van der Waals surface area contributed by atoms with E-state index in [1.54, 1.807) is 13.0 Å². The van der Waals surface area contributed by atoms with Crippen LogP contribution in [0.5, 0.6) is 0 Å². The standard InChI is InChI=1S/C21H24N4O3S2/c1-5-14-11-16(20(27)28-6-2)19(30-14)22-17(26)12-29-21-24-23-18(25(21)4)15-10-8-7-9-13(15)3/h7-11H,5-6,12H2,1-4H3,(H,22,26). The Hall–Kier alpha value is -2.65. The van der Waals surface area contributed by atoms with E-state index in [1.807, 2.05) is 49.7 Å². The molecule has 3 aromatic rings. The number of ether oxygens (including phenoxy) is 1. The van der Waals surface area contributed by atoms with E-state index in [0.29, 0.717) is 15.7 Å². The molecule has 1 amide bonds. The van der Waals surface area contributed by atoms with Crippen LogP contribution >= 0.6 is 23.1 Å². The lowest BCUT2D eigenvalue weighted by Crippen LogP contribution is -2.16. The van der Waals surface area contributed by atoms with Gasteiger partial charge in [0.2, 0.25) is 5.91 Å². The zero-order valence-electron chi connectivity index (χ0n) is 17.4. The van der Waals surface area contributed by atoms with Gasteiger partial charge in [-0.1, -0.05) is 43.0 Å². The van der Waals surface area contributed by atoms with E-state index in [4.69, 9.17) is 4.74 Å². The fraction of sp³-hybridized carbons (Fsp3) is 0.333. The third-order valence-electron chi connectivity index (χ3n) is 4.43. The molecule has 30 heavy (non-hydrogen) atoms. The fourth-order valence-electron chi connectivity index (χ4n) is 2.86. The van der Waals surface area contributed by atoms with Gasteiger partial charge in [0.15, 0.2) is 11.0 Å². The zero-order valence-corrected chi connectivity index (χ0v) is 19.0. The Morgan fingerprint density at radius 2 is 2.00 bits per heavy atom. The molecule has 0 aliphatic carbocycles. The average Bonchev–Trinajstić information content (AvgIpc) is 3.30. The summed E-state index contributed by atoms with van der Waals surface area (Å²) in [5.74, 6) is 0.274. The fourth-order valence-corrected chi connectivity index (χ4v) is 4.57. The Kier molecular flexibility index (Phi) is 7.28. The molecule has 0 saturated heterocycles. The van der Waals surface area contributed by atoms with Gasteiger partial charge in [0.05, 0.1) is 17.9 Å². The molecule has 0 unspecified atom stereocenters. The summed E-state index contributed by atoms with van der Waals surface area (Å²) in [5, 5.41) is 12.5. The van der Waals surface area contributed by atoms with Gasteiger partial charge < -0.3 is 14.6 Å². The lowest BCUT2D eigenvalue weighted by atomic mass is 10.1. The maximum Gasteiger partial charge on any atom is 0.341 e. The molecule has 0 spiro atoms. The summed E-state index contributed by atoms with van der Waals surface area (Å²) < 4.78 is 6.98. The monoisotopic (exact) mass is 444 g/mol. The second kappa shape index (κ2) is 9.90. The van der Waals surface area contributed by atoms with Crippen molar-refractivity contribution in [3.8, 4) is 11.4 Å². The predicted molar refractivity (Wildman–Crippen MR) is 120 cm³/mol. The smallest absolute Gasteiger partial charge is 0.341 e. The minimum atomic E-state index is -0.424. The van der Waals surface area contributed by atoms with Gasteiger partial charge in [-0.2, -0.15) is 0 Å². The van der Waals surface area contributed by atoms with Crippen LogP contribution in [-0.2, 0) is 23.0 Å². The van der Waals surface area contributed by atoms with Crippen molar-refractivity contribution in [1.82, 2.24) is 14.8 Å². The molecule has 9 heteroatoms. The van der Waals surface area contributed by atoms with Gasteiger partial charge in [0.25, 0.3) is 0 Å². The van der Waals surface area contributed by atoms with Crippen molar-refractivity contribution in [3.63, 3.8) is 0 Å². The molecule has 7 nitrogen and oxygen atoms in total. The number of thiophene rings is 1. The number of carbonyl (C=O) groups is 2. The van der Waals surface area contributed by atoms with Gasteiger partial charge in [0.1, 0.15) is 5.00 Å². The summed E-state index contributed by atoms with van der Waals surface area (Å²) in [6, 6.07) is 9.75. The van der Waals surface area contributed by atoms with Crippen LogP contribution < -0.4 is 5.32 Å². The molecular weight excluding hydrogens is 420 g/mol. The van der Waals surface area contributed by atoms with Crippen molar-refractivity contribution in [2.24, 2.45) is 7.05 Å². The van der Waals surface area contributed by atoms with Crippen molar-refractivity contribution in [1.29, 1.82) is 0 Å². The predicted octanol–water partition coefficient (Wildman–Crippen LogP) is 4.32. The van der Waals surface area contributed by atoms with E-state index >= 15 is 0 Å². The van der Waals surface area contributed by atoms with Gasteiger partial charge >= 0.3 is 5.97 Å². The van der Waals surface area contributed by atoms with E-state index < -0.39 is 5.97 Å². The summed E-state index contributed by atoms with van der Waals surface area (Å²) in [6.45, 7) is 6.07. The van der Waals surface area contributed by atoms with Crippen LogP contribution in [0.1, 0.15) is 34.6 Å². The molecule has 0 aliphatic heterocycles. The number of esters is 1. The quantitative estimate of drug-likeness (QED) is 0.411. The number of anilines is 1. The Bertz CT molecular complexity index is 1060. The van der Waals surface area contributed by atoms with E-state index in [2.05, 4.69) is 15.5 Å². The van der Waals surface area contributed by atoms with Crippen LogP contribution in [0, 0.1) is 6.92 Å². The van der Waals surface area contributed by atoms with Crippen LogP contribution in [0.3, 0.4) is 0 Å². The molecule has 0 fully saturated rings. The number of carbonyl (C=O) groups excluding carboxylic acids is 2. The van der Waals surface area contributed by atoms with Gasteiger partial charge in [0, 0.05) is 17.5 Å². The summed E-state index contributed by atoms with van der Waals surface area (Å²) >= 11 is 2.69. The normalized spacial score (nSPS) is 10.8. The van der Waals surface area contributed by atoms with Crippen molar-refractivity contribution in [2.45, 2.75) is 32.3 Å². The molecule has 2 aromatic heterocycles. The van der Waals surface area contributed by atoms with Crippen molar-refractivity contribution < 1.29 is 14.3 Å². The lowest BCUT2D eigenvalue weighted by Gasteiger charge is -2.07. The number of hydrogen-bond acceptors (Lipinski definition) is 7. The molecule has 0 atom stereocenters. The third kappa shape index (κ3) is 4.91. The molecule has 3 rings (SSSR count). The first kappa shape index (κ1) is 22.0. The highest BCUT2D eigenvalue weighted by atomic mass is 32.2. The van der Waals surface area contributed by atoms with Crippen molar-refractivity contribution in [2.75, 3.05) is 17.7 Å². The van der Waals surface area contributed by atoms with Crippen LogP contribution in [0.15, 0.2) is 35.5 Å². The first-order chi connectivity index (χ1) is 14.4. The highest BCUT2D eigenvalue weighted by Crippen LogP contribution is 2.30. The van der Waals surface area contributed by atoms with E-state index in [9.17, 15) is 9.59 Å². The van der Waals surface area contributed by atoms with Crippen LogP contribution in [0.2, 0.25) is 0 Å². The highest BCUT2D eigenvalue weighted by molar-refractivity contribution is 7.99. The second-order valence-electron chi connectivity index (χ2n) is 6.55. The maximum atomic E-state index is 12.5. The van der Waals surface area contributed by atoms with Crippen molar-refractivity contribution in [3.05, 3.63) is 46.3 Å². The molecule has 158 valence electrons. The van der Waals surface area contributed by atoms with E-state index in [1.165, 1.54) is 23.1 Å². The summed E-state index contributed by atoms with van der Waals surface area (Å²) in [6.07, 6.45) is 0.780. The molecule has 1 aromatic carbocycles. The Balaban J connectivity index is 1.68. The molecule has 1 N–H and O–H groups in total. The van der Waals surface area contributed by atoms with Crippen molar-refractivity contribution >= 4 is 40.0 Å². The largest absolute Gasteiger partial charge is 0.462 e. The first-order valence-corrected chi connectivity index (χ1v) is 11.4.